The van der Waals surface area contributed by atoms with Crippen molar-refractivity contribution in [3.8, 4) is 39.7 Å². The summed E-state index contributed by atoms with van der Waals surface area (Å²) in [6, 6.07) is 22.4. The molecule has 184 valence electrons. The number of pyridine rings is 2. The molecular weight excluding hydrogens is 467 g/mol. The first-order valence-electron chi connectivity index (χ1n) is 12.0. The van der Waals surface area contributed by atoms with Gasteiger partial charge in [-0.25, -0.2) is 9.37 Å². The molecule has 0 amide bonds. The number of halogens is 1. The normalized spacial score (nSPS) is 11.6. The fourth-order valence-electron chi connectivity index (χ4n) is 4.43. The Hall–Kier alpha value is -4.56. The summed E-state index contributed by atoms with van der Waals surface area (Å²) in [5.41, 5.74) is 7.25. The summed E-state index contributed by atoms with van der Waals surface area (Å²) in [6.45, 7) is 1.23. The molecule has 6 rings (SSSR count). The lowest BCUT2D eigenvalue weighted by molar-refractivity contribution is 0.260. The topological polar surface area (TPSA) is 82.7 Å². The van der Waals surface area contributed by atoms with E-state index >= 15 is 0 Å². The van der Waals surface area contributed by atoms with Gasteiger partial charge in [0.25, 0.3) is 0 Å². The summed E-state index contributed by atoms with van der Waals surface area (Å²) >= 11 is 0. The van der Waals surface area contributed by atoms with E-state index in [9.17, 15) is 4.39 Å². The number of hydrogen-bond acceptors (Lipinski definition) is 5. The summed E-state index contributed by atoms with van der Waals surface area (Å²) < 4.78 is 20.4. The summed E-state index contributed by atoms with van der Waals surface area (Å²) in [6.07, 6.45) is 1.75. The van der Waals surface area contributed by atoms with Crippen LogP contribution in [-0.4, -0.2) is 57.3 Å². The average molecular weight is 493 g/mol. The molecule has 0 fully saturated rings. The monoisotopic (exact) mass is 492 g/mol. The van der Waals surface area contributed by atoms with Gasteiger partial charge in [0.05, 0.1) is 22.6 Å². The van der Waals surface area contributed by atoms with E-state index < -0.39 is 0 Å². The molecule has 0 saturated carbocycles. The van der Waals surface area contributed by atoms with Crippen LogP contribution in [0, 0.1) is 5.82 Å². The molecule has 8 heteroatoms. The van der Waals surface area contributed by atoms with Crippen LogP contribution in [0.15, 0.2) is 79.0 Å². The zero-order valence-corrected chi connectivity index (χ0v) is 20.5. The second kappa shape index (κ2) is 9.48. The third-order valence-electron chi connectivity index (χ3n) is 6.24. The van der Waals surface area contributed by atoms with Crippen LogP contribution in [0.2, 0.25) is 0 Å². The molecule has 37 heavy (non-hydrogen) atoms. The van der Waals surface area contributed by atoms with Crippen molar-refractivity contribution in [3.63, 3.8) is 0 Å². The summed E-state index contributed by atoms with van der Waals surface area (Å²) in [5.74, 6) is 0.170. The Morgan fingerprint density at radius 3 is 2.68 bits per heavy atom. The Morgan fingerprint density at radius 1 is 0.919 bits per heavy atom. The maximum Gasteiger partial charge on any atom is 0.135 e. The van der Waals surface area contributed by atoms with Crippen LogP contribution >= 0.6 is 0 Å². The van der Waals surface area contributed by atoms with Crippen LogP contribution in [0.5, 0.6) is 5.75 Å². The summed E-state index contributed by atoms with van der Waals surface area (Å²) in [7, 11) is 3.95. The second-order valence-corrected chi connectivity index (χ2v) is 9.16. The van der Waals surface area contributed by atoms with E-state index in [-0.39, 0.29) is 5.82 Å². The minimum Gasteiger partial charge on any atom is -0.492 e. The van der Waals surface area contributed by atoms with Gasteiger partial charge in [0.2, 0.25) is 0 Å². The smallest absolute Gasteiger partial charge is 0.135 e. The molecule has 0 spiro atoms. The highest BCUT2D eigenvalue weighted by molar-refractivity contribution is 6.00. The number of rotatable bonds is 7. The minimum absolute atomic E-state index is 0.338. The molecule has 6 aromatic rings. The Bertz CT molecular complexity index is 1710. The first-order chi connectivity index (χ1) is 18.0. The van der Waals surface area contributed by atoms with Crippen molar-refractivity contribution >= 4 is 21.9 Å². The zero-order chi connectivity index (χ0) is 25.4. The quantitative estimate of drug-likeness (QED) is 0.289. The molecule has 0 aliphatic carbocycles. The highest BCUT2D eigenvalue weighted by Gasteiger charge is 2.16. The van der Waals surface area contributed by atoms with E-state index in [1.165, 1.54) is 12.1 Å². The van der Waals surface area contributed by atoms with E-state index in [2.05, 4.69) is 20.2 Å². The van der Waals surface area contributed by atoms with Gasteiger partial charge in [0.1, 0.15) is 29.4 Å². The number of aromatic nitrogens is 5. The van der Waals surface area contributed by atoms with Crippen LogP contribution in [0.25, 0.3) is 55.8 Å². The molecule has 0 bridgehead atoms. The van der Waals surface area contributed by atoms with E-state index in [4.69, 9.17) is 9.72 Å². The molecule has 0 saturated heterocycles. The zero-order valence-electron chi connectivity index (χ0n) is 20.5. The molecule has 4 aromatic heterocycles. The summed E-state index contributed by atoms with van der Waals surface area (Å²) in [4.78, 5) is 14.8. The van der Waals surface area contributed by atoms with Crippen LogP contribution < -0.4 is 4.74 Å². The van der Waals surface area contributed by atoms with Gasteiger partial charge in [-0.3, -0.25) is 10.1 Å². The Kier molecular flexibility index (Phi) is 5.86. The first kappa shape index (κ1) is 22.9. The number of nitrogens with zero attached hydrogens (tertiary/aromatic N) is 4. The molecule has 0 aliphatic rings. The lowest BCUT2D eigenvalue weighted by Crippen LogP contribution is -2.19. The Labute approximate surface area is 213 Å². The third-order valence-corrected chi connectivity index (χ3v) is 6.24. The lowest BCUT2D eigenvalue weighted by Gasteiger charge is -2.12. The molecular formula is C29H25FN6O. The van der Waals surface area contributed by atoms with Crippen LogP contribution in [0.1, 0.15) is 0 Å². The average Bonchev–Trinajstić information content (AvgIpc) is 3.52. The van der Waals surface area contributed by atoms with Crippen LogP contribution in [-0.2, 0) is 0 Å². The number of aromatic amines is 2. The van der Waals surface area contributed by atoms with Crippen molar-refractivity contribution in [2.45, 2.75) is 0 Å². The second-order valence-electron chi connectivity index (χ2n) is 9.16. The van der Waals surface area contributed by atoms with Gasteiger partial charge in [-0.2, -0.15) is 5.10 Å². The van der Waals surface area contributed by atoms with E-state index in [1.807, 2.05) is 79.7 Å². The largest absolute Gasteiger partial charge is 0.492 e. The van der Waals surface area contributed by atoms with Crippen molar-refractivity contribution in [2.24, 2.45) is 0 Å². The molecule has 0 unspecified atom stereocenters. The molecule has 0 atom stereocenters. The Balaban J connectivity index is 1.41. The standard InChI is InChI=1S/C29H25FN6O/c1-36(2)12-13-37-20-15-18(14-19(30)16-20)21-6-5-8-23-22(21)17-27(32-23)29-28-26(34-35-29)10-9-25(33-28)24-7-3-4-11-31-24/h3-11,14-17,32H,12-13H2,1-2H3,(H,34,35). The van der Waals surface area contributed by atoms with Crippen LogP contribution in [0.4, 0.5) is 4.39 Å². The van der Waals surface area contributed by atoms with Gasteiger partial charge in [0.15, 0.2) is 0 Å². The van der Waals surface area contributed by atoms with E-state index in [0.29, 0.717) is 18.1 Å². The number of benzene rings is 2. The molecule has 2 N–H and O–H groups in total. The van der Waals surface area contributed by atoms with Crippen molar-refractivity contribution in [1.29, 1.82) is 0 Å². The molecule has 0 aliphatic heterocycles. The fraction of sp³-hybridized carbons (Fsp3) is 0.138. The predicted octanol–water partition coefficient (Wildman–Crippen LogP) is 5.91. The highest BCUT2D eigenvalue weighted by Crippen LogP contribution is 2.35. The van der Waals surface area contributed by atoms with Gasteiger partial charge < -0.3 is 14.6 Å². The van der Waals surface area contributed by atoms with Gasteiger partial charge in [-0.05, 0) is 73.8 Å². The third kappa shape index (κ3) is 4.54. The number of likely N-dealkylation sites (N-methyl/N-ethyl adjacent to an activating group) is 1. The molecule has 4 heterocycles. The van der Waals surface area contributed by atoms with Crippen molar-refractivity contribution in [3.05, 3.63) is 84.8 Å². The molecule has 2 aromatic carbocycles. The van der Waals surface area contributed by atoms with Gasteiger partial charge in [-0.1, -0.05) is 18.2 Å². The Morgan fingerprint density at radius 2 is 1.84 bits per heavy atom. The lowest BCUT2D eigenvalue weighted by atomic mass is 10.0. The minimum atomic E-state index is -0.338. The number of ether oxygens (including phenoxy) is 1. The van der Waals surface area contributed by atoms with Crippen LogP contribution in [0.3, 0.4) is 0 Å². The maximum absolute atomic E-state index is 14.6. The molecule has 7 nitrogen and oxygen atoms in total. The van der Waals surface area contributed by atoms with Crippen molar-refractivity contribution in [2.75, 3.05) is 27.2 Å². The first-order valence-corrected chi connectivity index (χ1v) is 12.0. The molecule has 0 radical (unpaired) electrons. The number of hydrogen-bond donors (Lipinski definition) is 2. The number of fused-ring (bicyclic) bond motifs is 2. The van der Waals surface area contributed by atoms with E-state index in [1.54, 1.807) is 6.20 Å². The van der Waals surface area contributed by atoms with Gasteiger partial charge >= 0.3 is 0 Å². The van der Waals surface area contributed by atoms with Gasteiger partial charge in [-0.15, -0.1) is 0 Å². The fourth-order valence-corrected chi connectivity index (χ4v) is 4.43. The van der Waals surface area contributed by atoms with Gasteiger partial charge in [0, 0.05) is 29.7 Å². The summed E-state index contributed by atoms with van der Waals surface area (Å²) in [5, 5.41) is 8.58. The number of H-pyrrole nitrogens is 2. The maximum atomic E-state index is 14.6. The van der Waals surface area contributed by atoms with E-state index in [0.717, 1.165) is 56.7 Å². The number of nitrogens with one attached hydrogen (secondary N) is 2. The van der Waals surface area contributed by atoms with Crippen molar-refractivity contribution in [1.82, 2.24) is 30.0 Å². The highest BCUT2D eigenvalue weighted by atomic mass is 19.1. The van der Waals surface area contributed by atoms with Crippen molar-refractivity contribution < 1.29 is 9.13 Å². The predicted molar refractivity (Wildman–Crippen MR) is 144 cm³/mol. The SMILES string of the molecule is CN(C)CCOc1cc(F)cc(-c2cccc3[nH]c(-c4n[nH]c5ccc(-c6ccccn6)nc45)cc23)c1.